The van der Waals surface area contributed by atoms with Crippen LogP contribution in [0.1, 0.15) is 26.5 Å². The first-order valence-electron chi connectivity index (χ1n) is 8.27. The highest BCUT2D eigenvalue weighted by molar-refractivity contribution is 5.95. The SMILES string of the molecule is CCN(CC(=O)NC(C)C)C(=O)/C=C/c1cc2cccc(OC)c2o1. The van der Waals surface area contributed by atoms with Gasteiger partial charge in [0.15, 0.2) is 11.3 Å². The maximum Gasteiger partial charge on any atom is 0.247 e. The molecule has 2 amide bonds. The fraction of sp³-hybridized carbons (Fsp3) is 0.368. The predicted octanol–water partition coefficient (Wildman–Crippen LogP) is 2.83. The van der Waals surface area contributed by atoms with Gasteiger partial charge in [0, 0.05) is 24.0 Å². The Balaban J connectivity index is 2.09. The molecule has 0 saturated carbocycles. The van der Waals surface area contributed by atoms with Crippen LogP contribution in [0.2, 0.25) is 0 Å². The summed E-state index contributed by atoms with van der Waals surface area (Å²) in [6.45, 7) is 6.08. The highest BCUT2D eigenvalue weighted by Crippen LogP contribution is 2.28. The third-order valence-electron chi connectivity index (χ3n) is 3.61. The minimum Gasteiger partial charge on any atom is -0.493 e. The molecule has 0 spiro atoms. The van der Waals surface area contributed by atoms with E-state index in [4.69, 9.17) is 9.15 Å². The Morgan fingerprint density at radius 2 is 2.12 bits per heavy atom. The number of nitrogens with zero attached hydrogens (tertiary/aromatic N) is 1. The molecule has 6 nitrogen and oxygen atoms in total. The molecule has 134 valence electrons. The Hall–Kier alpha value is -2.76. The Bertz CT molecular complexity index is 777. The van der Waals surface area contributed by atoms with E-state index >= 15 is 0 Å². The molecule has 0 bridgehead atoms. The summed E-state index contributed by atoms with van der Waals surface area (Å²) in [6, 6.07) is 7.48. The van der Waals surface area contributed by atoms with E-state index in [-0.39, 0.29) is 24.4 Å². The molecule has 1 heterocycles. The summed E-state index contributed by atoms with van der Waals surface area (Å²) >= 11 is 0. The van der Waals surface area contributed by atoms with Crippen molar-refractivity contribution in [3.63, 3.8) is 0 Å². The summed E-state index contributed by atoms with van der Waals surface area (Å²) in [7, 11) is 1.58. The summed E-state index contributed by atoms with van der Waals surface area (Å²) in [4.78, 5) is 25.6. The first-order valence-corrected chi connectivity index (χ1v) is 8.27. The summed E-state index contributed by atoms with van der Waals surface area (Å²) < 4.78 is 11.0. The second-order valence-corrected chi connectivity index (χ2v) is 5.94. The Morgan fingerprint density at radius 3 is 2.76 bits per heavy atom. The predicted molar refractivity (Wildman–Crippen MR) is 97.3 cm³/mol. The van der Waals surface area contributed by atoms with Crippen molar-refractivity contribution in [1.82, 2.24) is 10.2 Å². The first-order chi connectivity index (χ1) is 11.9. The molecule has 1 N–H and O–H groups in total. The molecule has 0 saturated heterocycles. The number of likely N-dealkylation sites (N-methyl/N-ethyl adjacent to an activating group) is 1. The van der Waals surface area contributed by atoms with E-state index < -0.39 is 0 Å². The second-order valence-electron chi connectivity index (χ2n) is 5.94. The molecule has 1 aromatic carbocycles. The van der Waals surface area contributed by atoms with E-state index in [0.29, 0.717) is 23.6 Å². The van der Waals surface area contributed by atoms with Gasteiger partial charge in [0.25, 0.3) is 0 Å². The Morgan fingerprint density at radius 1 is 1.36 bits per heavy atom. The fourth-order valence-electron chi connectivity index (χ4n) is 2.44. The number of rotatable bonds is 7. The number of hydrogen-bond donors (Lipinski definition) is 1. The van der Waals surface area contributed by atoms with Crippen LogP contribution in [-0.4, -0.2) is 43.0 Å². The van der Waals surface area contributed by atoms with Crippen LogP contribution in [0.5, 0.6) is 5.75 Å². The summed E-state index contributed by atoms with van der Waals surface area (Å²) in [5.74, 6) is 0.778. The lowest BCUT2D eigenvalue weighted by atomic mass is 10.2. The molecule has 0 aliphatic rings. The lowest BCUT2D eigenvalue weighted by Gasteiger charge is -2.19. The van der Waals surface area contributed by atoms with Gasteiger partial charge in [-0.05, 0) is 39.0 Å². The third-order valence-corrected chi connectivity index (χ3v) is 3.61. The molecule has 2 rings (SSSR count). The fourth-order valence-corrected chi connectivity index (χ4v) is 2.44. The van der Waals surface area contributed by atoms with Crippen molar-refractivity contribution in [1.29, 1.82) is 0 Å². The van der Waals surface area contributed by atoms with Crippen molar-refractivity contribution in [3.8, 4) is 5.75 Å². The number of nitrogens with one attached hydrogen (secondary N) is 1. The van der Waals surface area contributed by atoms with Crippen LogP contribution in [0.25, 0.3) is 17.0 Å². The number of carbonyl (C=O) groups is 2. The van der Waals surface area contributed by atoms with Crippen molar-refractivity contribution in [3.05, 3.63) is 36.1 Å². The van der Waals surface area contributed by atoms with E-state index in [1.54, 1.807) is 13.2 Å². The van der Waals surface area contributed by atoms with Gasteiger partial charge >= 0.3 is 0 Å². The van der Waals surface area contributed by atoms with E-state index in [1.165, 1.54) is 11.0 Å². The molecule has 1 aromatic heterocycles. The molecule has 0 atom stereocenters. The number of para-hydroxylation sites is 1. The normalized spacial score (nSPS) is 11.2. The zero-order valence-electron chi connectivity index (χ0n) is 15.0. The standard InChI is InChI=1S/C19H24N2O4/c1-5-21(12-17(22)20-13(2)3)18(23)10-9-15-11-14-7-6-8-16(24-4)19(14)25-15/h6-11,13H,5,12H2,1-4H3,(H,20,22)/b10-9+. The van der Waals surface area contributed by atoms with Crippen LogP contribution < -0.4 is 10.1 Å². The molecule has 0 aliphatic heterocycles. The maximum atomic E-state index is 12.3. The van der Waals surface area contributed by atoms with Gasteiger partial charge in [0.2, 0.25) is 11.8 Å². The zero-order valence-corrected chi connectivity index (χ0v) is 15.0. The Kier molecular flexibility index (Phi) is 6.22. The number of methoxy groups -OCH3 is 1. The smallest absolute Gasteiger partial charge is 0.247 e. The van der Waals surface area contributed by atoms with Crippen LogP contribution in [-0.2, 0) is 9.59 Å². The average Bonchev–Trinajstić information content (AvgIpc) is 2.99. The molecule has 0 unspecified atom stereocenters. The third kappa shape index (κ3) is 4.86. The maximum absolute atomic E-state index is 12.3. The summed E-state index contributed by atoms with van der Waals surface area (Å²) in [5, 5.41) is 3.68. The van der Waals surface area contributed by atoms with Crippen LogP contribution in [0.15, 0.2) is 34.8 Å². The number of amides is 2. The second kappa shape index (κ2) is 8.37. The summed E-state index contributed by atoms with van der Waals surface area (Å²) in [6.07, 6.45) is 3.02. The van der Waals surface area contributed by atoms with Crippen molar-refractivity contribution in [2.75, 3.05) is 20.2 Å². The summed E-state index contributed by atoms with van der Waals surface area (Å²) in [5.41, 5.74) is 0.640. The molecule has 0 fully saturated rings. The molecule has 0 radical (unpaired) electrons. The van der Waals surface area contributed by atoms with E-state index in [0.717, 1.165) is 5.39 Å². The topological polar surface area (TPSA) is 71.8 Å². The van der Waals surface area contributed by atoms with Crippen molar-refractivity contribution in [2.45, 2.75) is 26.8 Å². The first kappa shape index (κ1) is 18.6. The van der Waals surface area contributed by atoms with Crippen molar-refractivity contribution < 1.29 is 18.7 Å². The van der Waals surface area contributed by atoms with Gasteiger partial charge in [-0.3, -0.25) is 9.59 Å². The van der Waals surface area contributed by atoms with Crippen molar-refractivity contribution in [2.24, 2.45) is 0 Å². The zero-order chi connectivity index (χ0) is 18.4. The van der Waals surface area contributed by atoms with Gasteiger partial charge in [-0.25, -0.2) is 0 Å². The number of benzene rings is 1. The van der Waals surface area contributed by atoms with Gasteiger partial charge < -0.3 is 19.4 Å². The molecular weight excluding hydrogens is 320 g/mol. The van der Waals surface area contributed by atoms with Gasteiger partial charge in [0.1, 0.15) is 5.76 Å². The number of carbonyl (C=O) groups excluding carboxylic acids is 2. The molecular formula is C19H24N2O4. The van der Waals surface area contributed by atoms with Crippen LogP contribution >= 0.6 is 0 Å². The molecule has 25 heavy (non-hydrogen) atoms. The van der Waals surface area contributed by atoms with E-state index in [2.05, 4.69) is 5.32 Å². The van der Waals surface area contributed by atoms with Crippen LogP contribution in [0, 0.1) is 0 Å². The highest BCUT2D eigenvalue weighted by Gasteiger charge is 2.14. The minimum absolute atomic E-state index is 0.0335. The molecule has 2 aromatic rings. The number of hydrogen-bond acceptors (Lipinski definition) is 4. The van der Waals surface area contributed by atoms with E-state index in [1.807, 2.05) is 45.0 Å². The van der Waals surface area contributed by atoms with Gasteiger partial charge in [0.05, 0.1) is 13.7 Å². The molecule has 0 aliphatic carbocycles. The van der Waals surface area contributed by atoms with Gasteiger partial charge in [-0.2, -0.15) is 0 Å². The van der Waals surface area contributed by atoms with Crippen LogP contribution in [0.4, 0.5) is 0 Å². The lowest BCUT2D eigenvalue weighted by Crippen LogP contribution is -2.42. The largest absolute Gasteiger partial charge is 0.493 e. The highest BCUT2D eigenvalue weighted by atomic mass is 16.5. The van der Waals surface area contributed by atoms with Crippen molar-refractivity contribution >= 4 is 28.9 Å². The lowest BCUT2D eigenvalue weighted by molar-refractivity contribution is -0.132. The van der Waals surface area contributed by atoms with Gasteiger partial charge in [-0.15, -0.1) is 0 Å². The molecule has 6 heteroatoms. The monoisotopic (exact) mass is 344 g/mol. The number of ether oxygens (including phenoxy) is 1. The number of furan rings is 1. The van der Waals surface area contributed by atoms with Gasteiger partial charge in [-0.1, -0.05) is 12.1 Å². The van der Waals surface area contributed by atoms with Crippen LogP contribution in [0.3, 0.4) is 0 Å². The number of fused-ring (bicyclic) bond motifs is 1. The Labute approximate surface area is 147 Å². The average molecular weight is 344 g/mol. The van der Waals surface area contributed by atoms with E-state index in [9.17, 15) is 9.59 Å². The quantitative estimate of drug-likeness (QED) is 0.784. The minimum atomic E-state index is -0.242.